The molecule has 5 nitrogen and oxygen atoms in total. The number of ether oxygens (including phenoxy) is 1. The summed E-state index contributed by atoms with van der Waals surface area (Å²) in [6, 6.07) is 0.214. The van der Waals surface area contributed by atoms with Gasteiger partial charge >= 0.3 is 0 Å². The fraction of sp³-hybridized carbons (Fsp3) is 0.958. The van der Waals surface area contributed by atoms with Gasteiger partial charge in [-0.05, 0) is 71.1 Å². The molecule has 0 spiro atoms. The molecule has 7 heteroatoms. The zero-order chi connectivity index (χ0) is 23.0. The van der Waals surface area contributed by atoms with Crippen molar-refractivity contribution >= 4 is 5.91 Å². The molecule has 0 aromatic heterocycles. The Morgan fingerprint density at radius 3 is 2.16 bits per heavy atom. The van der Waals surface area contributed by atoms with Gasteiger partial charge in [-0.2, -0.15) is 0 Å². The summed E-state index contributed by atoms with van der Waals surface area (Å²) in [7, 11) is 1.70. The summed E-state index contributed by atoms with van der Waals surface area (Å²) in [6.45, 7) is 7.60. The first kappa shape index (κ1) is 26.5. The van der Waals surface area contributed by atoms with Crippen LogP contribution in [-0.4, -0.2) is 77.8 Å². The van der Waals surface area contributed by atoms with E-state index in [0.29, 0.717) is 25.0 Å². The lowest BCUT2D eigenvalue weighted by atomic mass is 9.85. The Kier molecular flexibility index (Phi) is 10.6. The molecule has 2 saturated carbocycles. The molecule has 31 heavy (non-hydrogen) atoms. The molecule has 3 rings (SSSR count). The van der Waals surface area contributed by atoms with Crippen molar-refractivity contribution in [1.82, 2.24) is 9.80 Å². The first-order valence-corrected chi connectivity index (χ1v) is 12.2. The van der Waals surface area contributed by atoms with Crippen molar-refractivity contribution in [3.8, 4) is 0 Å². The first-order valence-electron chi connectivity index (χ1n) is 12.2. The molecular formula is C24H44F2N2O3. The minimum atomic E-state index is -2.68. The molecule has 3 fully saturated rings. The standard InChI is InChI=1S/C20H34F2N2O2.C4H10O/c1-15-4-6-16(7-5-15)23-11-8-17(9-12-23)24(19(26)14-25)18-3-2-10-20(21,22)13-18;1-4(2)5-3/h15-18,25H,2-14H2,1H3;4H,1-3H3. The van der Waals surface area contributed by atoms with Crippen LogP contribution < -0.4 is 0 Å². The molecule has 0 radical (unpaired) electrons. The lowest BCUT2D eigenvalue weighted by Crippen LogP contribution is -2.55. The van der Waals surface area contributed by atoms with Gasteiger partial charge < -0.3 is 19.6 Å². The van der Waals surface area contributed by atoms with Crippen molar-refractivity contribution in [2.45, 2.75) is 115 Å². The largest absolute Gasteiger partial charge is 0.387 e. The van der Waals surface area contributed by atoms with Crippen molar-refractivity contribution in [2.24, 2.45) is 5.92 Å². The Morgan fingerprint density at radius 1 is 1.10 bits per heavy atom. The van der Waals surface area contributed by atoms with E-state index < -0.39 is 18.6 Å². The number of halogens is 2. The van der Waals surface area contributed by atoms with Gasteiger partial charge in [0.1, 0.15) is 6.61 Å². The van der Waals surface area contributed by atoms with Crippen molar-refractivity contribution in [1.29, 1.82) is 0 Å². The fourth-order valence-corrected chi connectivity index (χ4v) is 5.31. The predicted molar refractivity (Wildman–Crippen MR) is 119 cm³/mol. The Bertz CT molecular complexity index is 531. The van der Waals surface area contributed by atoms with Crippen LogP contribution in [-0.2, 0) is 9.53 Å². The summed E-state index contributed by atoms with van der Waals surface area (Å²) in [4.78, 5) is 16.5. The number of likely N-dealkylation sites (tertiary alicyclic amines) is 1. The lowest BCUT2D eigenvalue weighted by molar-refractivity contribution is -0.146. The molecule has 1 N–H and O–H groups in total. The van der Waals surface area contributed by atoms with E-state index in [-0.39, 0.29) is 24.8 Å². The third-order valence-electron chi connectivity index (χ3n) is 7.30. The van der Waals surface area contributed by atoms with Gasteiger partial charge in [-0.25, -0.2) is 8.78 Å². The topological polar surface area (TPSA) is 53.0 Å². The number of methoxy groups -OCH3 is 1. The van der Waals surface area contributed by atoms with E-state index in [1.54, 1.807) is 12.0 Å². The molecule has 0 bridgehead atoms. The number of nitrogens with zero attached hydrogens (tertiary/aromatic N) is 2. The monoisotopic (exact) mass is 446 g/mol. The Balaban J connectivity index is 0.000000614. The molecule has 1 aliphatic heterocycles. The summed E-state index contributed by atoms with van der Waals surface area (Å²) in [5.41, 5.74) is 0. The van der Waals surface area contributed by atoms with Crippen LogP contribution in [0.3, 0.4) is 0 Å². The molecule has 2 aliphatic carbocycles. The smallest absolute Gasteiger partial charge is 0.250 e. The van der Waals surface area contributed by atoms with Crippen LogP contribution in [0.2, 0.25) is 0 Å². The molecule has 1 saturated heterocycles. The average Bonchev–Trinajstić information content (AvgIpc) is 2.74. The SMILES string of the molecule is CC1CCC(N2CCC(N(C(=O)CO)C3CCCC(F)(F)C3)CC2)CC1.COC(C)C. The number of rotatable bonds is 5. The highest BCUT2D eigenvalue weighted by molar-refractivity contribution is 5.78. The Morgan fingerprint density at radius 2 is 1.68 bits per heavy atom. The van der Waals surface area contributed by atoms with Gasteiger partial charge in [0.25, 0.3) is 0 Å². The van der Waals surface area contributed by atoms with Crippen LogP contribution in [0.1, 0.15) is 85.0 Å². The summed E-state index contributed by atoms with van der Waals surface area (Å²) < 4.78 is 32.5. The second kappa shape index (κ2) is 12.4. The zero-order valence-electron chi connectivity index (χ0n) is 20.0. The van der Waals surface area contributed by atoms with E-state index in [4.69, 9.17) is 4.74 Å². The highest BCUT2D eigenvalue weighted by atomic mass is 19.3. The van der Waals surface area contributed by atoms with Crippen molar-refractivity contribution in [2.75, 3.05) is 26.8 Å². The summed E-state index contributed by atoms with van der Waals surface area (Å²) in [5.74, 6) is -2.23. The second-order valence-corrected chi connectivity index (χ2v) is 10.0. The fourth-order valence-electron chi connectivity index (χ4n) is 5.31. The Hall–Kier alpha value is -0.790. The minimum absolute atomic E-state index is 0.00712. The second-order valence-electron chi connectivity index (χ2n) is 10.0. The molecule has 1 amide bonds. The van der Waals surface area contributed by atoms with Gasteiger partial charge in [-0.3, -0.25) is 4.79 Å². The van der Waals surface area contributed by atoms with Crippen LogP contribution in [0, 0.1) is 5.92 Å². The van der Waals surface area contributed by atoms with E-state index in [1.807, 2.05) is 13.8 Å². The van der Waals surface area contributed by atoms with Gasteiger partial charge in [0, 0.05) is 51.2 Å². The molecule has 0 aromatic carbocycles. The van der Waals surface area contributed by atoms with Gasteiger partial charge in [0.2, 0.25) is 11.8 Å². The highest BCUT2D eigenvalue weighted by Gasteiger charge is 2.42. The van der Waals surface area contributed by atoms with Gasteiger partial charge in [-0.1, -0.05) is 6.92 Å². The van der Waals surface area contributed by atoms with E-state index >= 15 is 0 Å². The third kappa shape index (κ3) is 8.25. The predicted octanol–water partition coefficient (Wildman–Crippen LogP) is 4.47. The summed E-state index contributed by atoms with van der Waals surface area (Å²) in [5, 5.41) is 9.39. The minimum Gasteiger partial charge on any atom is -0.387 e. The molecule has 0 aromatic rings. The molecule has 1 unspecified atom stereocenters. The first-order chi connectivity index (χ1) is 14.7. The number of alkyl halides is 2. The Labute approximate surface area is 187 Å². The van der Waals surface area contributed by atoms with Crippen molar-refractivity contribution in [3.63, 3.8) is 0 Å². The molecule has 1 heterocycles. The van der Waals surface area contributed by atoms with E-state index in [0.717, 1.165) is 31.8 Å². The van der Waals surface area contributed by atoms with Gasteiger partial charge in [-0.15, -0.1) is 0 Å². The number of piperidine rings is 1. The molecular weight excluding hydrogens is 402 g/mol. The zero-order valence-corrected chi connectivity index (χ0v) is 20.0. The van der Waals surface area contributed by atoms with E-state index in [2.05, 4.69) is 11.8 Å². The van der Waals surface area contributed by atoms with Crippen LogP contribution in [0.5, 0.6) is 0 Å². The van der Waals surface area contributed by atoms with Crippen molar-refractivity contribution < 1.29 is 23.4 Å². The number of carbonyl (C=O) groups excluding carboxylic acids is 1. The van der Waals surface area contributed by atoms with Crippen LogP contribution in [0.25, 0.3) is 0 Å². The summed E-state index contributed by atoms with van der Waals surface area (Å²) in [6.07, 6.45) is 7.87. The van der Waals surface area contributed by atoms with Crippen molar-refractivity contribution in [3.05, 3.63) is 0 Å². The van der Waals surface area contributed by atoms with Crippen LogP contribution in [0.4, 0.5) is 8.78 Å². The quantitative estimate of drug-likeness (QED) is 0.677. The maximum absolute atomic E-state index is 13.9. The van der Waals surface area contributed by atoms with E-state index in [9.17, 15) is 18.7 Å². The highest BCUT2D eigenvalue weighted by Crippen LogP contribution is 2.37. The normalized spacial score (nSPS) is 29.9. The number of aliphatic hydroxyl groups excluding tert-OH is 1. The van der Waals surface area contributed by atoms with Gasteiger partial charge in [0.15, 0.2) is 0 Å². The average molecular weight is 447 g/mol. The maximum atomic E-state index is 13.9. The maximum Gasteiger partial charge on any atom is 0.250 e. The van der Waals surface area contributed by atoms with Gasteiger partial charge in [0.05, 0.1) is 6.10 Å². The number of carbonyl (C=O) groups is 1. The molecule has 182 valence electrons. The number of amides is 1. The summed E-state index contributed by atoms with van der Waals surface area (Å²) >= 11 is 0. The number of hydrogen-bond acceptors (Lipinski definition) is 4. The van der Waals surface area contributed by atoms with Crippen LogP contribution >= 0.6 is 0 Å². The molecule has 3 aliphatic rings. The molecule has 1 atom stereocenters. The number of hydrogen-bond donors (Lipinski definition) is 1. The van der Waals surface area contributed by atoms with E-state index in [1.165, 1.54) is 25.7 Å². The number of aliphatic hydroxyl groups is 1. The lowest BCUT2D eigenvalue weighted by Gasteiger charge is -2.46. The van der Waals surface area contributed by atoms with Crippen LogP contribution in [0.15, 0.2) is 0 Å². The third-order valence-corrected chi connectivity index (χ3v) is 7.30.